The third kappa shape index (κ3) is 2.48. The highest BCUT2D eigenvalue weighted by Gasteiger charge is 2.01. The molecule has 0 aliphatic rings. The van der Waals surface area contributed by atoms with E-state index in [9.17, 15) is 0 Å². The van der Waals surface area contributed by atoms with Crippen molar-refractivity contribution in [3.63, 3.8) is 0 Å². The van der Waals surface area contributed by atoms with Crippen LogP contribution in [0.2, 0.25) is 0 Å². The van der Waals surface area contributed by atoms with Crippen LogP contribution in [0.4, 0.5) is 0 Å². The highest BCUT2D eigenvalue weighted by atomic mass is 32.1. The number of hydrogen-bond donors (Lipinski definition) is 3. The third-order valence-corrected chi connectivity index (χ3v) is 1.45. The lowest BCUT2D eigenvalue weighted by molar-refractivity contribution is 0.554. The summed E-state index contributed by atoms with van der Waals surface area (Å²) in [5.41, 5.74) is 10.3. The van der Waals surface area contributed by atoms with E-state index in [2.05, 4.69) is 23.1 Å². The van der Waals surface area contributed by atoms with Gasteiger partial charge in [-0.3, -0.25) is 10.9 Å². The van der Waals surface area contributed by atoms with Crippen molar-refractivity contribution in [2.75, 3.05) is 0 Å². The number of hydrogen-bond acceptors (Lipinski definition) is 3. The Balaban J connectivity index is 2.45. The van der Waals surface area contributed by atoms with E-state index in [4.69, 9.17) is 22.4 Å². The first-order valence-electron chi connectivity index (χ1n) is 3.09. The molecule has 0 aliphatic carbocycles. The Morgan fingerprint density at radius 3 is 2.67 bits per heavy atom. The Morgan fingerprint density at radius 2 is 2.17 bits per heavy atom. The van der Waals surface area contributed by atoms with Gasteiger partial charge in [-0.05, 0) is 24.4 Å². The number of nitrogens with two attached hydrogens (primary N) is 1. The van der Waals surface area contributed by atoms with Crippen LogP contribution in [0, 0.1) is 0 Å². The summed E-state index contributed by atoms with van der Waals surface area (Å²) in [6.45, 7) is 0. The van der Waals surface area contributed by atoms with E-state index in [0.29, 0.717) is 10.7 Å². The fourth-order valence-electron chi connectivity index (χ4n) is 0.588. The van der Waals surface area contributed by atoms with Gasteiger partial charge in [0, 0.05) is 0 Å². The molecule has 1 heterocycles. The van der Waals surface area contributed by atoms with Gasteiger partial charge >= 0.3 is 0 Å². The smallest absolute Gasteiger partial charge is 0.182 e. The molecule has 0 fully saturated rings. The SMILES string of the molecule is NC(=S)NNC(=S)c1ccco1. The Kier molecular flexibility index (Phi) is 3.01. The predicted molar refractivity (Wildman–Crippen MR) is 53.5 cm³/mol. The molecule has 1 aromatic heterocycles. The van der Waals surface area contributed by atoms with Gasteiger partial charge in [-0.25, -0.2) is 0 Å². The van der Waals surface area contributed by atoms with Crippen molar-refractivity contribution in [1.29, 1.82) is 0 Å². The molecule has 0 unspecified atom stereocenters. The summed E-state index contributed by atoms with van der Waals surface area (Å²) >= 11 is 9.47. The summed E-state index contributed by atoms with van der Waals surface area (Å²) in [6.07, 6.45) is 1.53. The highest BCUT2D eigenvalue weighted by molar-refractivity contribution is 7.81. The summed E-state index contributed by atoms with van der Waals surface area (Å²) in [4.78, 5) is 0.410. The number of hydrazine groups is 1. The zero-order chi connectivity index (χ0) is 8.97. The third-order valence-electron chi connectivity index (χ3n) is 1.04. The van der Waals surface area contributed by atoms with Crippen LogP contribution in [-0.2, 0) is 0 Å². The van der Waals surface area contributed by atoms with Crippen molar-refractivity contribution in [1.82, 2.24) is 10.9 Å². The molecule has 12 heavy (non-hydrogen) atoms. The normalized spacial score (nSPS) is 9.00. The number of furan rings is 1. The second kappa shape index (κ2) is 4.03. The van der Waals surface area contributed by atoms with Crippen LogP contribution in [0.5, 0.6) is 0 Å². The maximum absolute atomic E-state index is 5.16. The first-order valence-corrected chi connectivity index (χ1v) is 3.91. The maximum Gasteiger partial charge on any atom is 0.182 e. The quantitative estimate of drug-likeness (QED) is 0.448. The van der Waals surface area contributed by atoms with Crippen molar-refractivity contribution < 1.29 is 4.42 Å². The van der Waals surface area contributed by atoms with Crippen molar-refractivity contribution in [2.45, 2.75) is 0 Å². The van der Waals surface area contributed by atoms with Crippen molar-refractivity contribution in [2.24, 2.45) is 5.73 Å². The average Bonchev–Trinajstić information content (AvgIpc) is 2.51. The van der Waals surface area contributed by atoms with Gasteiger partial charge in [-0.2, -0.15) is 0 Å². The van der Waals surface area contributed by atoms with Crippen LogP contribution in [0.15, 0.2) is 22.8 Å². The lowest BCUT2D eigenvalue weighted by Gasteiger charge is -2.05. The van der Waals surface area contributed by atoms with Crippen molar-refractivity contribution in [3.8, 4) is 0 Å². The highest BCUT2D eigenvalue weighted by Crippen LogP contribution is 1.99. The molecule has 4 nitrogen and oxygen atoms in total. The molecule has 0 saturated heterocycles. The second-order valence-electron chi connectivity index (χ2n) is 1.92. The summed E-state index contributed by atoms with van der Waals surface area (Å²) < 4.78 is 5.00. The van der Waals surface area contributed by atoms with Crippen LogP contribution in [-0.4, -0.2) is 10.1 Å². The Morgan fingerprint density at radius 1 is 1.42 bits per heavy atom. The Hall–Kier alpha value is -1.14. The van der Waals surface area contributed by atoms with E-state index < -0.39 is 0 Å². The van der Waals surface area contributed by atoms with Gasteiger partial charge in [0.25, 0.3) is 0 Å². The van der Waals surface area contributed by atoms with Crippen LogP contribution in [0.25, 0.3) is 0 Å². The summed E-state index contributed by atoms with van der Waals surface area (Å²) in [5.74, 6) is 0.564. The molecule has 0 amide bonds. The van der Waals surface area contributed by atoms with Gasteiger partial charge in [0.05, 0.1) is 6.26 Å². The molecule has 0 radical (unpaired) electrons. The van der Waals surface area contributed by atoms with Gasteiger partial charge in [-0.1, -0.05) is 12.2 Å². The molecule has 0 saturated carbocycles. The zero-order valence-electron chi connectivity index (χ0n) is 6.03. The molecule has 0 bridgehead atoms. The molecule has 1 rings (SSSR count). The second-order valence-corrected chi connectivity index (χ2v) is 2.77. The molecule has 1 aromatic rings. The van der Waals surface area contributed by atoms with Crippen molar-refractivity contribution >= 4 is 34.5 Å². The number of rotatable bonds is 1. The van der Waals surface area contributed by atoms with Gasteiger partial charge in [0.15, 0.2) is 15.9 Å². The van der Waals surface area contributed by atoms with Crippen LogP contribution in [0.3, 0.4) is 0 Å². The molecule has 0 aromatic carbocycles. The van der Waals surface area contributed by atoms with E-state index in [1.807, 2.05) is 0 Å². The van der Waals surface area contributed by atoms with Gasteiger partial charge < -0.3 is 10.2 Å². The summed E-state index contributed by atoms with van der Waals surface area (Å²) in [7, 11) is 0. The fourth-order valence-corrected chi connectivity index (χ4v) is 0.806. The molecule has 0 spiro atoms. The minimum absolute atomic E-state index is 0.129. The van der Waals surface area contributed by atoms with E-state index in [1.54, 1.807) is 12.1 Å². The minimum Gasteiger partial charge on any atom is -0.462 e. The summed E-state index contributed by atoms with van der Waals surface area (Å²) in [6, 6.07) is 3.47. The maximum atomic E-state index is 5.16. The summed E-state index contributed by atoms with van der Waals surface area (Å²) in [5, 5.41) is 0.129. The predicted octanol–water partition coefficient (Wildman–Crippen LogP) is 0.293. The van der Waals surface area contributed by atoms with Crippen LogP contribution < -0.4 is 16.6 Å². The van der Waals surface area contributed by atoms with E-state index >= 15 is 0 Å². The molecular weight excluding hydrogens is 194 g/mol. The standard InChI is InChI=1S/C6H7N3OS2/c7-6(12)9-8-5(11)4-2-1-3-10-4/h1-3H,(H,8,11)(H3,7,9,12). The molecule has 6 heteroatoms. The van der Waals surface area contributed by atoms with Crippen molar-refractivity contribution in [3.05, 3.63) is 24.2 Å². The first kappa shape index (κ1) is 8.95. The average molecular weight is 201 g/mol. The van der Waals surface area contributed by atoms with Gasteiger partial charge in [0.2, 0.25) is 0 Å². The molecule has 0 aliphatic heterocycles. The van der Waals surface area contributed by atoms with E-state index in [-0.39, 0.29) is 5.11 Å². The Labute approximate surface area is 80.1 Å². The van der Waals surface area contributed by atoms with Crippen LogP contribution in [0.1, 0.15) is 5.76 Å². The first-order chi connectivity index (χ1) is 5.70. The molecule has 0 atom stereocenters. The lowest BCUT2D eigenvalue weighted by Crippen LogP contribution is -2.43. The molecule has 4 N–H and O–H groups in total. The number of nitrogens with one attached hydrogen (secondary N) is 2. The molecular formula is C6H7N3OS2. The fraction of sp³-hybridized carbons (Fsp3) is 0. The van der Waals surface area contributed by atoms with E-state index in [1.165, 1.54) is 6.26 Å². The monoisotopic (exact) mass is 201 g/mol. The van der Waals surface area contributed by atoms with E-state index in [0.717, 1.165) is 0 Å². The zero-order valence-corrected chi connectivity index (χ0v) is 7.67. The lowest BCUT2D eigenvalue weighted by atomic mass is 10.4. The Bertz CT molecular complexity index is 283. The van der Waals surface area contributed by atoms with Gasteiger partial charge in [0.1, 0.15) is 0 Å². The largest absolute Gasteiger partial charge is 0.462 e. The minimum atomic E-state index is 0.129. The van der Waals surface area contributed by atoms with Gasteiger partial charge in [-0.15, -0.1) is 0 Å². The van der Waals surface area contributed by atoms with Crippen LogP contribution >= 0.6 is 24.4 Å². The molecule has 64 valence electrons. The topological polar surface area (TPSA) is 63.2 Å². The number of thiocarbonyl (C=S) groups is 2.